The minimum absolute atomic E-state index is 0.0392. The Balaban J connectivity index is 3.72. The molecule has 0 aliphatic heterocycles. The van der Waals surface area contributed by atoms with Gasteiger partial charge in [0, 0.05) is 0 Å². The largest absolute Gasteiger partial charge is 0.416 e. The summed E-state index contributed by atoms with van der Waals surface area (Å²) in [5, 5.41) is 0. The van der Waals surface area contributed by atoms with Crippen molar-refractivity contribution in [2.24, 2.45) is 0 Å². The molecule has 1 aromatic rings. The number of rotatable bonds is 3. The quantitative estimate of drug-likeness (QED) is 0.529. The van der Waals surface area contributed by atoms with Crippen LogP contribution in [0.1, 0.15) is 49.8 Å². The molecule has 0 heterocycles. The summed E-state index contributed by atoms with van der Waals surface area (Å²) >= 11 is 0. The third-order valence-corrected chi connectivity index (χ3v) is 4.21. The summed E-state index contributed by atoms with van der Waals surface area (Å²) in [7, 11) is 0. The fraction of sp³-hybridized carbons (Fsp3) is 0.600. The smallest absolute Gasteiger partial charge is 0.170 e. The van der Waals surface area contributed by atoms with Crippen LogP contribution >= 0.6 is 0 Å². The first-order chi connectivity index (χ1) is 10.6. The van der Waals surface area contributed by atoms with Crippen LogP contribution in [0, 0.1) is 0 Å². The molecule has 0 fully saturated rings. The van der Waals surface area contributed by atoms with Gasteiger partial charge in [-0.05, 0) is 36.5 Å². The molecule has 1 unspecified atom stereocenters. The topological polar surface area (TPSA) is 0 Å². The Morgan fingerprint density at radius 1 is 0.875 bits per heavy atom. The van der Waals surface area contributed by atoms with Gasteiger partial charge in [0.25, 0.3) is 0 Å². The molecule has 0 radical (unpaired) electrons. The van der Waals surface area contributed by atoms with E-state index in [2.05, 4.69) is 0 Å². The second-order valence-corrected chi connectivity index (χ2v) is 5.73. The molecule has 1 aromatic carbocycles. The van der Waals surface area contributed by atoms with Crippen molar-refractivity contribution in [2.75, 3.05) is 0 Å². The van der Waals surface area contributed by atoms with Crippen molar-refractivity contribution in [1.29, 1.82) is 0 Å². The van der Waals surface area contributed by atoms with Gasteiger partial charge < -0.3 is 0 Å². The lowest BCUT2D eigenvalue weighted by atomic mass is 9.78. The van der Waals surface area contributed by atoms with Gasteiger partial charge in [-0.15, -0.1) is 0 Å². The molecule has 0 aromatic heterocycles. The van der Waals surface area contributed by atoms with E-state index in [0.29, 0.717) is 12.1 Å². The average Bonchev–Trinajstić information content (AvgIpc) is 2.41. The van der Waals surface area contributed by atoms with Crippen molar-refractivity contribution < 1.29 is 39.5 Å². The Kier molecular flexibility index (Phi) is 5.28. The highest BCUT2D eigenvalue weighted by atomic mass is 19.4. The fourth-order valence-electron chi connectivity index (χ4n) is 2.25. The van der Waals surface area contributed by atoms with Gasteiger partial charge in [0.15, 0.2) is 5.41 Å². The van der Waals surface area contributed by atoms with E-state index in [4.69, 9.17) is 0 Å². The zero-order valence-corrected chi connectivity index (χ0v) is 12.9. The summed E-state index contributed by atoms with van der Waals surface area (Å²) in [5.74, 6) is -0.668. The molecule has 24 heavy (non-hydrogen) atoms. The molecule has 0 nitrogen and oxygen atoms in total. The second-order valence-electron chi connectivity index (χ2n) is 5.73. The number of halogens is 9. The van der Waals surface area contributed by atoms with Crippen LogP contribution in [0.3, 0.4) is 0 Å². The number of hydrogen-bond donors (Lipinski definition) is 0. The lowest BCUT2D eigenvalue weighted by Crippen LogP contribution is -2.51. The van der Waals surface area contributed by atoms with E-state index in [1.807, 2.05) is 0 Å². The van der Waals surface area contributed by atoms with Crippen molar-refractivity contribution in [3.05, 3.63) is 34.9 Å². The molecule has 0 aliphatic rings. The maximum Gasteiger partial charge on any atom is 0.416 e. The molecule has 0 aliphatic carbocycles. The summed E-state index contributed by atoms with van der Waals surface area (Å²) < 4.78 is 118. The van der Waals surface area contributed by atoms with Crippen LogP contribution in [0.5, 0.6) is 0 Å². The summed E-state index contributed by atoms with van der Waals surface area (Å²) in [6.07, 6.45) is -16.4. The molecule has 0 bridgehead atoms. The van der Waals surface area contributed by atoms with Gasteiger partial charge in [-0.2, -0.15) is 39.5 Å². The standard InChI is InChI=1S/C15H15F9/c1-4-8(2)10-6-5-9(7-11(10)13(16,17)18)12(3,14(19,20)21)15(22,23)24/h5-8H,4H2,1-3H3. The normalized spacial score (nSPS) is 15.5. The monoisotopic (exact) mass is 366 g/mol. The molecule has 0 N–H and O–H groups in total. The van der Waals surface area contributed by atoms with Gasteiger partial charge in [-0.3, -0.25) is 0 Å². The Morgan fingerprint density at radius 3 is 1.67 bits per heavy atom. The molecule has 0 saturated carbocycles. The Hall–Kier alpha value is -1.41. The summed E-state index contributed by atoms with van der Waals surface area (Å²) in [6.45, 7) is 2.82. The van der Waals surface area contributed by atoms with E-state index < -0.39 is 41.0 Å². The van der Waals surface area contributed by atoms with E-state index in [9.17, 15) is 39.5 Å². The van der Waals surface area contributed by atoms with Crippen LogP contribution in [-0.4, -0.2) is 12.4 Å². The molecule has 138 valence electrons. The van der Waals surface area contributed by atoms with E-state index in [0.717, 1.165) is 0 Å². The van der Waals surface area contributed by atoms with E-state index >= 15 is 0 Å². The molecule has 1 rings (SSSR count). The van der Waals surface area contributed by atoms with Crippen LogP contribution in [-0.2, 0) is 11.6 Å². The van der Waals surface area contributed by atoms with Crippen molar-refractivity contribution in [3.63, 3.8) is 0 Å². The van der Waals surface area contributed by atoms with Crippen molar-refractivity contribution in [3.8, 4) is 0 Å². The highest BCUT2D eigenvalue weighted by Crippen LogP contribution is 2.52. The van der Waals surface area contributed by atoms with Gasteiger partial charge >= 0.3 is 18.5 Å². The van der Waals surface area contributed by atoms with Gasteiger partial charge in [0.05, 0.1) is 5.56 Å². The minimum atomic E-state index is -5.80. The van der Waals surface area contributed by atoms with E-state index in [1.54, 1.807) is 6.92 Å². The van der Waals surface area contributed by atoms with Gasteiger partial charge in [0.1, 0.15) is 0 Å². The van der Waals surface area contributed by atoms with Crippen molar-refractivity contribution in [1.82, 2.24) is 0 Å². The summed E-state index contributed by atoms with van der Waals surface area (Å²) in [5.41, 5.74) is -7.69. The zero-order valence-electron chi connectivity index (χ0n) is 12.9. The molecule has 0 amide bonds. The fourth-order valence-corrected chi connectivity index (χ4v) is 2.25. The van der Waals surface area contributed by atoms with Gasteiger partial charge in [0.2, 0.25) is 0 Å². The van der Waals surface area contributed by atoms with Crippen molar-refractivity contribution in [2.45, 2.75) is 57.1 Å². The maximum atomic E-state index is 13.1. The maximum absolute atomic E-state index is 13.1. The molecule has 0 saturated heterocycles. The first-order valence-corrected chi connectivity index (χ1v) is 6.92. The first kappa shape index (κ1) is 20.6. The van der Waals surface area contributed by atoms with Gasteiger partial charge in [-0.25, -0.2) is 0 Å². The molecule has 9 heteroatoms. The molecule has 1 atom stereocenters. The Labute approximate surface area is 132 Å². The van der Waals surface area contributed by atoms with Crippen molar-refractivity contribution >= 4 is 0 Å². The predicted octanol–water partition coefficient (Wildman–Crippen LogP) is 6.60. The average molecular weight is 366 g/mol. The summed E-state index contributed by atoms with van der Waals surface area (Å²) in [4.78, 5) is 0. The Morgan fingerprint density at radius 2 is 1.33 bits per heavy atom. The Bertz CT molecular complexity index is 564. The highest BCUT2D eigenvalue weighted by Gasteiger charge is 2.68. The van der Waals surface area contributed by atoms with Crippen LogP contribution in [0.4, 0.5) is 39.5 Å². The molecular formula is C15H15F9. The van der Waals surface area contributed by atoms with E-state index in [1.165, 1.54) is 6.92 Å². The third-order valence-electron chi connectivity index (χ3n) is 4.21. The number of hydrogen-bond acceptors (Lipinski definition) is 0. The van der Waals surface area contributed by atoms with Gasteiger partial charge in [-0.1, -0.05) is 26.0 Å². The lowest BCUT2D eigenvalue weighted by molar-refractivity contribution is -0.297. The predicted molar refractivity (Wildman–Crippen MR) is 69.6 cm³/mol. The lowest BCUT2D eigenvalue weighted by Gasteiger charge is -2.35. The van der Waals surface area contributed by atoms with Crippen LogP contribution in [0.15, 0.2) is 18.2 Å². The number of benzene rings is 1. The highest BCUT2D eigenvalue weighted by molar-refractivity contribution is 5.41. The first-order valence-electron chi connectivity index (χ1n) is 6.92. The number of alkyl halides is 9. The van der Waals surface area contributed by atoms with E-state index in [-0.39, 0.29) is 25.0 Å². The van der Waals surface area contributed by atoms with Crippen LogP contribution in [0.25, 0.3) is 0 Å². The minimum Gasteiger partial charge on any atom is -0.170 e. The third kappa shape index (κ3) is 3.49. The zero-order chi connectivity index (χ0) is 19.1. The molecule has 0 spiro atoms. The summed E-state index contributed by atoms with van der Waals surface area (Å²) in [6, 6.07) is 1.13. The van der Waals surface area contributed by atoms with Crippen LogP contribution in [0.2, 0.25) is 0 Å². The second kappa shape index (κ2) is 6.15. The SMILES string of the molecule is CCC(C)c1ccc(C(C)(C(F)(F)F)C(F)(F)F)cc1C(F)(F)F. The van der Waals surface area contributed by atoms with Crippen LogP contribution < -0.4 is 0 Å². The molecular weight excluding hydrogens is 351 g/mol.